The van der Waals surface area contributed by atoms with Crippen molar-refractivity contribution in [2.45, 2.75) is 26.4 Å². The van der Waals surface area contributed by atoms with Crippen molar-refractivity contribution in [3.8, 4) is 23.3 Å². The molecule has 0 fully saturated rings. The maximum atomic E-state index is 11.5. The third-order valence-corrected chi connectivity index (χ3v) is 7.77. The fraction of sp³-hybridized carbons (Fsp3) is 0.200. The second-order valence-corrected chi connectivity index (χ2v) is 10.5. The number of nitro benzene ring substituents is 2. The summed E-state index contributed by atoms with van der Waals surface area (Å²) in [6.07, 6.45) is 2.42. The molecule has 1 aliphatic heterocycles. The predicted molar refractivity (Wildman–Crippen MR) is 158 cm³/mol. The summed E-state index contributed by atoms with van der Waals surface area (Å²) in [5.74, 6) is 0.363. The molecule has 11 nitrogen and oxygen atoms in total. The van der Waals surface area contributed by atoms with E-state index in [0.717, 1.165) is 48.6 Å². The zero-order valence-corrected chi connectivity index (χ0v) is 23.4. The Kier molecular flexibility index (Phi) is 8.52. The molecule has 212 valence electrons. The number of hydrogen-bond donors (Lipinski definition) is 0. The van der Waals surface area contributed by atoms with Crippen molar-refractivity contribution < 1.29 is 19.3 Å². The van der Waals surface area contributed by atoms with Crippen molar-refractivity contribution in [1.82, 2.24) is 4.90 Å². The summed E-state index contributed by atoms with van der Waals surface area (Å²) in [5.41, 5.74) is 2.62. The van der Waals surface area contributed by atoms with Gasteiger partial charge in [-0.15, -0.1) is 11.3 Å². The van der Waals surface area contributed by atoms with E-state index in [9.17, 15) is 25.5 Å². The lowest BCUT2D eigenvalue weighted by atomic mass is 10.0. The SMILES string of the molecule is CCOc1cc(C=Nc2sc3c(c2C#N)CCN(Cc2ccccc2)C3)ccc1Oc1ccc([N+](=O)[O-])cc1[N+](=O)[O-]. The lowest BCUT2D eigenvalue weighted by molar-refractivity contribution is -0.394. The standard InChI is InChI=1S/C30H25N5O6S/c1-2-40-28-14-21(8-10-27(28)41-26-11-9-22(34(36)37)15-25(26)35(38)39)17-32-30-24(16-31)23-12-13-33(19-29(23)42-30)18-20-6-4-3-5-7-20/h3-11,14-15,17H,2,12-13,18-19H2,1H3. The molecule has 0 radical (unpaired) electrons. The second kappa shape index (κ2) is 12.6. The van der Waals surface area contributed by atoms with E-state index in [1.807, 2.05) is 18.2 Å². The first-order valence-corrected chi connectivity index (χ1v) is 13.9. The number of rotatable bonds is 10. The van der Waals surface area contributed by atoms with E-state index in [-0.39, 0.29) is 11.5 Å². The predicted octanol–water partition coefficient (Wildman–Crippen LogP) is 6.94. The smallest absolute Gasteiger partial charge is 0.318 e. The van der Waals surface area contributed by atoms with Crippen molar-refractivity contribution in [2.75, 3.05) is 13.2 Å². The van der Waals surface area contributed by atoms with Crippen LogP contribution in [0.3, 0.4) is 0 Å². The quantitative estimate of drug-likeness (QED) is 0.111. The maximum Gasteiger partial charge on any atom is 0.318 e. The Morgan fingerprint density at radius 1 is 1.05 bits per heavy atom. The molecule has 42 heavy (non-hydrogen) atoms. The van der Waals surface area contributed by atoms with Gasteiger partial charge in [-0.05, 0) is 54.3 Å². The van der Waals surface area contributed by atoms with Crippen molar-refractivity contribution in [3.05, 3.63) is 114 Å². The van der Waals surface area contributed by atoms with Gasteiger partial charge in [-0.1, -0.05) is 30.3 Å². The van der Waals surface area contributed by atoms with Gasteiger partial charge in [0.15, 0.2) is 11.5 Å². The number of benzene rings is 3. The fourth-order valence-electron chi connectivity index (χ4n) is 4.68. The van der Waals surface area contributed by atoms with E-state index >= 15 is 0 Å². The lowest BCUT2D eigenvalue weighted by Crippen LogP contribution is -2.29. The van der Waals surface area contributed by atoms with Crippen LogP contribution in [0.15, 0.2) is 71.7 Å². The summed E-state index contributed by atoms with van der Waals surface area (Å²) in [4.78, 5) is 29.3. The van der Waals surface area contributed by atoms with E-state index in [4.69, 9.17) is 9.47 Å². The van der Waals surface area contributed by atoms with Crippen LogP contribution in [0.1, 0.15) is 34.1 Å². The first-order chi connectivity index (χ1) is 20.4. The molecule has 2 heterocycles. The normalized spacial score (nSPS) is 13.0. The minimum Gasteiger partial charge on any atom is -0.490 e. The number of non-ortho nitro benzene ring substituents is 1. The van der Waals surface area contributed by atoms with Gasteiger partial charge in [0.25, 0.3) is 5.69 Å². The molecule has 0 unspecified atom stereocenters. The molecule has 4 aromatic rings. The van der Waals surface area contributed by atoms with Crippen LogP contribution in [0.2, 0.25) is 0 Å². The van der Waals surface area contributed by atoms with Crippen molar-refractivity contribution >= 4 is 33.9 Å². The van der Waals surface area contributed by atoms with E-state index in [0.29, 0.717) is 28.5 Å². The Morgan fingerprint density at radius 3 is 2.55 bits per heavy atom. The van der Waals surface area contributed by atoms with Gasteiger partial charge in [0, 0.05) is 36.8 Å². The molecule has 0 saturated heterocycles. The highest BCUT2D eigenvalue weighted by Gasteiger charge is 2.25. The molecule has 0 N–H and O–H groups in total. The monoisotopic (exact) mass is 583 g/mol. The number of aliphatic imine (C=N–C) groups is 1. The van der Waals surface area contributed by atoms with Crippen LogP contribution in [0, 0.1) is 31.6 Å². The molecule has 0 amide bonds. The highest BCUT2D eigenvalue weighted by atomic mass is 32.1. The Bertz CT molecular complexity index is 1710. The van der Waals surface area contributed by atoms with Gasteiger partial charge in [-0.25, -0.2) is 4.99 Å². The van der Waals surface area contributed by atoms with Crippen LogP contribution < -0.4 is 9.47 Å². The van der Waals surface area contributed by atoms with E-state index < -0.39 is 21.2 Å². The Hall–Kier alpha value is -5.12. The number of ether oxygens (including phenoxy) is 2. The summed E-state index contributed by atoms with van der Waals surface area (Å²) in [6.45, 7) is 4.55. The van der Waals surface area contributed by atoms with Gasteiger partial charge in [-0.3, -0.25) is 25.1 Å². The highest BCUT2D eigenvalue weighted by Crippen LogP contribution is 2.40. The Balaban J connectivity index is 1.37. The van der Waals surface area contributed by atoms with Crippen LogP contribution in [0.5, 0.6) is 17.2 Å². The molecule has 12 heteroatoms. The summed E-state index contributed by atoms with van der Waals surface area (Å²) < 4.78 is 11.5. The lowest BCUT2D eigenvalue weighted by Gasteiger charge is -2.26. The number of nitro groups is 2. The van der Waals surface area contributed by atoms with Crippen LogP contribution in [-0.2, 0) is 19.5 Å². The van der Waals surface area contributed by atoms with Crippen LogP contribution >= 0.6 is 11.3 Å². The summed E-state index contributed by atoms with van der Waals surface area (Å²) >= 11 is 1.52. The summed E-state index contributed by atoms with van der Waals surface area (Å²) in [5, 5.41) is 33.1. The molecule has 3 aromatic carbocycles. The fourth-order valence-corrected chi connectivity index (χ4v) is 5.87. The molecular weight excluding hydrogens is 558 g/mol. The molecule has 1 aliphatic rings. The number of thiophene rings is 1. The molecule has 0 saturated carbocycles. The minimum atomic E-state index is -0.738. The first kappa shape index (κ1) is 28.4. The minimum absolute atomic E-state index is 0.155. The van der Waals surface area contributed by atoms with E-state index in [1.54, 1.807) is 31.3 Å². The van der Waals surface area contributed by atoms with Gasteiger partial charge in [0.2, 0.25) is 5.75 Å². The third kappa shape index (κ3) is 6.27. The van der Waals surface area contributed by atoms with Crippen LogP contribution in [0.25, 0.3) is 0 Å². The van der Waals surface area contributed by atoms with E-state index in [2.05, 4.69) is 28.1 Å². The zero-order chi connectivity index (χ0) is 29.6. The molecule has 0 atom stereocenters. The molecule has 5 rings (SSSR count). The van der Waals surface area contributed by atoms with Crippen LogP contribution in [-0.4, -0.2) is 34.1 Å². The highest BCUT2D eigenvalue weighted by molar-refractivity contribution is 7.16. The maximum absolute atomic E-state index is 11.5. The van der Waals surface area contributed by atoms with E-state index in [1.165, 1.54) is 23.0 Å². The Morgan fingerprint density at radius 2 is 1.83 bits per heavy atom. The third-order valence-electron chi connectivity index (χ3n) is 6.65. The molecule has 0 spiro atoms. The molecule has 1 aromatic heterocycles. The first-order valence-electron chi connectivity index (χ1n) is 13.1. The average Bonchev–Trinajstić information content (AvgIpc) is 3.34. The molecule has 0 aliphatic carbocycles. The topological polar surface area (TPSA) is 144 Å². The van der Waals surface area contributed by atoms with Gasteiger partial charge < -0.3 is 9.47 Å². The largest absolute Gasteiger partial charge is 0.490 e. The van der Waals surface area contributed by atoms with Gasteiger partial charge in [0.05, 0.1) is 28.1 Å². The van der Waals surface area contributed by atoms with Crippen LogP contribution in [0.4, 0.5) is 16.4 Å². The number of nitrogens with zero attached hydrogens (tertiary/aromatic N) is 5. The van der Waals surface area contributed by atoms with Gasteiger partial charge in [-0.2, -0.15) is 5.26 Å². The summed E-state index contributed by atoms with van der Waals surface area (Å²) in [6, 6.07) is 20.8. The van der Waals surface area contributed by atoms with Gasteiger partial charge >= 0.3 is 5.69 Å². The van der Waals surface area contributed by atoms with Gasteiger partial charge in [0.1, 0.15) is 11.1 Å². The number of nitriles is 1. The molecule has 0 bridgehead atoms. The van der Waals surface area contributed by atoms with Crippen molar-refractivity contribution in [1.29, 1.82) is 5.26 Å². The molecular formula is C30H25N5O6S. The van der Waals surface area contributed by atoms with Crippen molar-refractivity contribution in [3.63, 3.8) is 0 Å². The number of fused-ring (bicyclic) bond motifs is 1. The second-order valence-electron chi connectivity index (χ2n) is 9.41. The average molecular weight is 584 g/mol. The Labute approximate surface area is 245 Å². The summed E-state index contributed by atoms with van der Waals surface area (Å²) in [7, 11) is 0. The zero-order valence-electron chi connectivity index (χ0n) is 22.6. The number of hydrogen-bond acceptors (Lipinski definition) is 10. The van der Waals surface area contributed by atoms with Crippen molar-refractivity contribution in [2.24, 2.45) is 4.99 Å².